The van der Waals surface area contributed by atoms with Gasteiger partial charge in [-0.25, -0.2) is 4.98 Å². The number of hydrogen-bond donors (Lipinski definition) is 1. The topological polar surface area (TPSA) is 71.1 Å². The van der Waals surface area contributed by atoms with Gasteiger partial charge in [0, 0.05) is 37.3 Å². The Kier molecular flexibility index (Phi) is 5.23. The fraction of sp³-hybridized carbons (Fsp3) is 0.316. The molecule has 0 spiro atoms. The van der Waals surface area contributed by atoms with Crippen LogP contribution < -0.4 is 32.2 Å². The van der Waals surface area contributed by atoms with Crippen molar-refractivity contribution in [3.63, 3.8) is 0 Å². The van der Waals surface area contributed by atoms with Crippen LogP contribution in [0, 0.1) is 0 Å². The number of alkyl halides is 1. The maximum Gasteiger partial charge on any atom is 0.310 e. The highest BCUT2D eigenvalue weighted by molar-refractivity contribution is 6.34. The third kappa shape index (κ3) is 4.03. The van der Waals surface area contributed by atoms with Crippen molar-refractivity contribution in [3.05, 3.63) is 35.5 Å². The van der Waals surface area contributed by atoms with Crippen LogP contribution in [0.3, 0.4) is 0 Å². The van der Waals surface area contributed by atoms with E-state index in [1.54, 1.807) is 6.07 Å². The Balaban J connectivity index is 1.61. The van der Waals surface area contributed by atoms with Gasteiger partial charge < -0.3 is 37.2 Å². The van der Waals surface area contributed by atoms with Crippen LogP contribution in [0.15, 0.2) is 30.5 Å². The minimum absolute atomic E-state index is 0.165. The quantitative estimate of drug-likeness (QED) is 0.329. The fourth-order valence-electron chi connectivity index (χ4n) is 3.22. The number of rotatable bonds is 3. The van der Waals surface area contributed by atoms with Gasteiger partial charge in [0.25, 0.3) is 0 Å². The summed E-state index contributed by atoms with van der Waals surface area (Å²) in [4.78, 5) is 25.3. The summed E-state index contributed by atoms with van der Waals surface area (Å²) in [6.07, 6.45) is 4.23. The maximum atomic E-state index is 11.1. The number of esters is 1. The Morgan fingerprint density at radius 2 is 2.11 bits per heavy atom. The number of anilines is 1. The number of hydrogen-bond acceptors (Lipinski definition) is 5. The van der Waals surface area contributed by atoms with Gasteiger partial charge in [-0.2, -0.15) is 8.91 Å². The first-order chi connectivity index (χ1) is 13.0. The number of fused-ring (bicyclic) bond motifs is 1. The highest BCUT2D eigenvalue weighted by Crippen LogP contribution is 2.32. The number of halogens is 2. The molecule has 6 nitrogen and oxygen atoms in total. The van der Waals surface area contributed by atoms with E-state index < -0.39 is 5.97 Å². The number of piperidine rings is 1. The SMILES string of the molecule is CC(=O)Oc1nc2cc(-c3ccc(N4CCC([I-])CC4)nc3)c(Cl)cc2[nH]1. The van der Waals surface area contributed by atoms with Crippen molar-refractivity contribution in [3.8, 4) is 17.1 Å². The lowest BCUT2D eigenvalue weighted by Gasteiger charge is -2.36. The molecule has 2 aromatic heterocycles. The Morgan fingerprint density at radius 1 is 1.33 bits per heavy atom. The average molecular weight is 497 g/mol. The molecule has 0 amide bonds. The molecule has 0 atom stereocenters. The van der Waals surface area contributed by atoms with E-state index in [-0.39, 0.29) is 6.01 Å². The van der Waals surface area contributed by atoms with Crippen LogP contribution in [0.2, 0.25) is 5.02 Å². The Morgan fingerprint density at radius 3 is 2.78 bits per heavy atom. The molecule has 0 saturated carbocycles. The molecular formula is C19H18ClIN4O2-. The molecule has 4 rings (SSSR count). The predicted molar refractivity (Wildman–Crippen MR) is 101 cm³/mol. The number of carbonyl (C=O) groups excluding carboxylic acids is 1. The summed E-state index contributed by atoms with van der Waals surface area (Å²) in [6, 6.07) is 7.89. The molecule has 1 aliphatic rings. The second-order valence-electron chi connectivity index (χ2n) is 6.55. The number of ether oxygens (including phenoxy) is 1. The summed E-state index contributed by atoms with van der Waals surface area (Å²) < 4.78 is 5.77. The van der Waals surface area contributed by atoms with E-state index in [1.165, 1.54) is 19.8 Å². The van der Waals surface area contributed by atoms with Crippen LogP contribution in [0.1, 0.15) is 19.8 Å². The van der Waals surface area contributed by atoms with Crippen LogP contribution in [-0.2, 0) is 4.79 Å². The third-order valence-corrected chi connectivity index (χ3v) is 6.16. The van der Waals surface area contributed by atoms with Crippen molar-refractivity contribution in [2.45, 2.75) is 23.7 Å². The number of nitrogens with one attached hydrogen (secondary N) is 1. The monoisotopic (exact) mass is 496 g/mol. The molecular weight excluding hydrogens is 479 g/mol. The molecule has 1 saturated heterocycles. The molecule has 1 aromatic carbocycles. The number of pyridine rings is 1. The Hall–Kier alpha value is -1.87. The van der Waals surface area contributed by atoms with Crippen LogP contribution >= 0.6 is 11.6 Å². The minimum Gasteiger partial charge on any atom is -0.793 e. The first-order valence-corrected chi connectivity index (χ1v) is 10.3. The summed E-state index contributed by atoms with van der Waals surface area (Å²) in [7, 11) is 0. The lowest BCUT2D eigenvalue weighted by molar-refractivity contribution is -0.423. The zero-order chi connectivity index (χ0) is 19.0. The second-order valence-corrected chi connectivity index (χ2v) is 8.72. The van der Waals surface area contributed by atoms with Crippen molar-refractivity contribution in [2.75, 3.05) is 18.0 Å². The zero-order valence-electron chi connectivity index (χ0n) is 14.7. The molecule has 3 heterocycles. The fourth-order valence-corrected chi connectivity index (χ4v) is 4.05. The van der Waals surface area contributed by atoms with Gasteiger partial charge in [-0.05, 0) is 24.3 Å². The van der Waals surface area contributed by atoms with Crippen molar-refractivity contribution < 1.29 is 32.1 Å². The van der Waals surface area contributed by atoms with Gasteiger partial charge >= 0.3 is 12.0 Å². The van der Waals surface area contributed by atoms with Gasteiger partial charge in [0.05, 0.1) is 16.1 Å². The van der Waals surface area contributed by atoms with E-state index in [0.29, 0.717) is 16.1 Å². The number of benzene rings is 1. The van der Waals surface area contributed by atoms with Gasteiger partial charge in [-0.15, -0.1) is 0 Å². The van der Waals surface area contributed by atoms with Gasteiger partial charge in [0.15, 0.2) is 0 Å². The second kappa shape index (κ2) is 7.63. The minimum atomic E-state index is -0.424. The number of aromatic nitrogens is 3. The van der Waals surface area contributed by atoms with Crippen molar-refractivity contribution in [1.82, 2.24) is 15.0 Å². The lowest BCUT2D eigenvalue weighted by atomic mass is 10.1. The molecule has 0 bridgehead atoms. The van der Waals surface area contributed by atoms with E-state index in [4.69, 9.17) is 16.3 Å². The highest BCUT2D eigenvalue weighted by atomic mass is 127. The molecule has 1 N–H and O–H groups in total. The van der Waals surface area contributed by atoms with E-state index in [0.717, 1.165) is 34.0 Å². The molecule has 141 valence electrons. The summed E-state index contributed by atoms with van der Waals surface area (Å²) in [6.45, 7) is 3.42. The molecule has 1 fully saturated rings. The molecule has 27 heavy (non-hydrogen) atoms. The zero-order valence-corrected chi connectivity index (χ0v) is 17.6. The lowest BCUT2D eigenvalue weighted by Crippen LogP contribution is -3.39. The first-order valence-electron chi connectivity index (χ1n) is 8.73. The number of H-pyrrole nitrogens is 1. The van der Waals surface area contributed by atoms with Gasteiger partial charge in [-0.3, -0.25) is 4.79 Å². The molecule has 1 radical (unpaired) electrons. The van der Waals surface area contributed by atoms with Crippen LogP contribution in [-0.4, -0.2) is 37.9 Å². The number of imidazole rings is 1. The van der Waals surface area contributed by atoms with E-state index in [1.807, 2.05) is 24.4 Å². The van der Waals surface area contributed by atoms with E-state index in [9.17, 15) is 4.79 Å². The van der Waals surface area contributed by atoms with Crippen molar-refractivity contribution in [1.29, 1.82) is 0 Å². The largest absolute Gasteiger partial charge is 0.793 e. The highest BCUT2D eigenvalue weighted by Gasteiger charge is 2.15. The number of carbonyl (C=O) groups is 1. The van der Waals surface area contributed by atoms with E-state index >= 15 is 0 Å². The maximum absolute atomic E-state index is 11.1. The Labute approximate surface area is 175 Å². The van der Waals surface area contributed by atoms with E-state index in [2.05, 4.69) is 42.4 Å². The number of nitrogens with zero attached hydrogens (tertiary/aromatic N) is 3. The standard InChI is InChI=1S/C19H18ClIN4O2/c1-11(26)27-19-23-16-8-14(15(20)9-17(16)24-19)12-2-3-18(22-10-12)25-6-4-13(21)5-7-25/h2-3,8-10,13H,4-7H2,1H3,(H,23,24)/q-1. The predicted octanol–water partition coefficient (Wildman–Crippen LogP) is 0.726. The average Bonchev–Trinajstić information content (AvgIpc) is 3.02. The first kappa shape index (κ1) is 18.5. The summed E-state index contributed by atoms with van der Waals surface area (Å²) in [5.41, 5.74) is 3.16. The summed E-state index contributed by atoms with van der Waals surface area (Å²) in [5, 5.41) is 0.584. The molecule has 3 aromatic rings. The molecule has 0 aliphatic carbocycles. The smallest absolute Gasteiger partial charge is 0.310 e. The van der Waals surface area contributed by atoms with Crippen LogP contribution in [0.25, 0.3) is 22.2 Å². The Bertz CT molecular complexity index is 981. The summed E-state index contributed by atoms with van der Waals surface area (Å²) >= 11 is 8.98. The molecule has 0 unspecified atom stereocenters. The summed E-state index contributed by atoms with van der Waals surface area (Å²) in [5.74, 6) is 0.572. The normalized spacial score (nSPS) is 15.3. The van der Waals surface area contributed by atoms with Gasteiger partial charge in [0.2, 0.25) is 0 Å². The third-order valence-electron chi connectivity index (χ3n) is 4.60. The molecule has 8 heteroatoms. The van der Waals surface area contributed by atoms with Crippen LogP contribution in [0.5, 0.6) is 6.01 Å². The molecule has 1 aliphatic heterocycles. The van der Waals surface area contributed by atoms with Crippen molar-refractivity contribution >= 4 is 34.4 Å². The van der Waals surface area contributed by atoms with Crippen LogP contribution in [0.4, 0.5) is 5.82 Å². The number of aromatic amines is 1. The van der Waals surface area contributed by atoms with Gasteiger partial charge in [-0.1, -0.05) is 24.4 Å². The van der Waals surface area contributed by atoms with Gasteiger partial charge in [0.1, 0.15) is 5.82 Å². The van der Waals surface area contributed by atoms with Crippen molar-refractivity contribution in [2.24, 2.45) is 0 Å².